The highest BCUT2D eigenvalue weighted by Gasteiger charge is 2.16. The maximum atomic E-state index is 10.9. The maximum absolute atomic E-state index is 10.9. The average molecular weight is 251 g/mol. The summed E-state index contributed by atoms with van der Waals surface area (Å²) in [5.74, 6) is 0.244. The van der Waals surface area contributed by atoms with Gasteiger partial charge in [-0.15, -0.1) is 0 Å². The SMILES string of the molecule is N#C/C(=C/c1cc2c(cc1Cl)OCO2)C(N)=O. The van der Waals surface area contributed by atoms with Crippen LogP contribution in [0.3, 0.4) is 0 Å². The molecule has 1 aromatic carbocycles. The van der Waals surface area contributed by atoms with Crippen LogP contribution >= 0.6 is 11.6 Å². The number of nitriles is 1. The highest BCUT2D eigenvalue weighted by molar-refractivity contribution is 6.32. The van der Waals surface area contributed by atoms with E-state index in [9.17, 15) is 4.79 Å². The second-order valence-electron chi connectivity index (χ2n) is 3.26. The molecule has 0 aromatic heterocycles. The first-order valence-corrected chi connectivity index (χ1v) is 5.00. The lowest BCUT2D eigenvalue weighted by Gasteiger charge is -2.01. The summed E-state index contributed by atoms with van der Waals surface area (Å²) in [6, 6.07) is 4.85. The molecule has 0 bridgehead atoms. The van der Waals surface area contributed by atoms with Crippen LogP contribution < -0.4 is 15.2 Å². The Hall–Kier alpha value is -2.19. The molecular weight excluding hydrogens is 244 g/mol. The molecule has 0 radical (unpaired) electrons. The van der Waals surface area contributed by atoms with Gasteiger partial charge in [0.05, 0.1) is 5.02 Å². The fraction of sp³-hybridized carbons (Fsp3) is 0.0909. The Labute approximate surface area is 102 Å². The number of carbonyl (C=O) groups excluding carboxylic acids is 1. The van der Waals surface area contributed by atoms with E-state index in [1.165, 1.54) is 6.08 Å². The summed E-state index contributed by atoms with van der Waals surface area (Å²) in [6.45, 7) is 0.125. The van der Waals surface area contributed by atoms with E-state index in [1.54, 1.807) is 18.2 Å². The van der Waals surface area contributed by atoms with Crippen LogP contribution in [0.4, 0.5) is 0 Å². The van der Waals surface area contributed by atoms with E-state index in [4.69, 9.17) is 32.1 Å². The molecule has 0 spiro atoms. The maximum Gasteiger partial charge on any atom is 0.259 e. The highest BCUT2D eigenvalue weighted by atomic mass is 35.5. The number of carbonyl (C=O) groups is 1. The van der Waals surface area contributed by atoms with Gasteiger partial charge in [-0.05, 0) is 17.7 Å². The molecule has 86 valence electrons. The molecule has 2 N–H and O–H groups in total. The number of rotatable bonds is 2. The molecular formula is C11H7ClN2O3. The van der Waals surface area contributed by atoms with Crippen LogP contribution in [0.25, 0.3) is 6.08 Å². The summed E-state index contributed by atoms with van der Waals surface area (Å²) in [6.07, 6.45) is 1.31. The minimum Gasteiger partial charge on any atom is -0.454 e. The van der Waals surface area contributed by atoms with Crippen LogP contribution in [0.5, 0.6) is 11.5 Å². The molecule has 17 heavy (non-hydrogen) atoms. The average Bonchev–Trinajstić information content (AvgIpc) is 2.72. The van der Waals surface area contributed by atoms with Crippen molar-refractivity contribution in [2.45, 2.75) is 0 Å². The summed E-state index contributed by atoms with van der Waals surface area (Å²) in [5, 5.41) is 9.07. The third-order valence-corrected chi connectivity index (χ3v) is 2.50. The minimum atomic E-state index is -0.804. The van der Waals surface area contributed by atoms with Gasteiger partial charge in [0, 0.05) is 6.07 Å². The standard InChI is InChI=1S/C11H7ClN2O3/c12-8-3-10-9(16-5-17-10)2-6(8)1-7(4-13)11(14)15/h1-3H,5H2,(H2,14,15)/b7-1-. The van der Waals surface area contributed by atoms with Gasteiger partial charge in [0.1, 0.15) is 11.6 Å². The summed E-state index contributed by atoms with van der Waals surface area (Å²) >= 11 is 5.97. The van der Waals surface area contributed by atoms with Crippen molar-refractivity contribution in [3.8, 4) is 17.6 Å². The van der Waals surface area contributed by atoms with Crippen LogP contribution in [-0.2, 0) is 4.79 Å². The number of hydrogen-bond donors (Lipinski definition) is 1. The molecule has 0 saturated heterocycles. The summed E-state index contributed by atoms with van der Waals surface area (Å²) in [7, 11) is 0. The summed E-state index contributed by atoms with van der Waals surface area (Å²) in [4.78, 5) is 10.9. The molecule has 0 fully saturated rings. The summed E-state index contributed by atoms with van der Waals surface area (Å²) < 4.78 is 10.3. The first-order chi connectivity index (χ1) is 8.11. The van der Waals surface area contributed by atoms with Crippen molar-refractivity contribution in [1.29, 1.82) is 5.26 Å². The monoisotopic (exact) mass is 250 g/mol. The molecule has 0 unspecified atom stereocenters. The van der Waals surface area contributed by atoms with E-state index in [1.807, 2.05) is 0 Å². The van der Waals surface area contributed by atoms with Gasteiger partial charge >= 0.3 is 0 Å². The largest absolute Gasteiger partial charge is 0.454 e. The number of nitrogens with zero attached hydrogens (tertiary/aromatic N) is 1. The van der Waals surface area contributed by atoms with E-state index >= 15 is 0 Å². The first-order valence-electron chi connectivity index (χ1n) is 4.62. The fourth-order valence-corrected chi connectivity index (χ4v) is 1.57. The number of fused-ring (bicyclic) bond motifs is 1. The predicted molar refractivity (Wildman–Crippen MR) is 60.4 cm³/mol. The first kappa shape index (κ1) is 11.3. The Balaban J connectivity index is 2.47. The molecule has 2 rings (SSSR count). The van der Waals surface area contributed by atoms with Crippen molar-refractivity contribution in [2.75, 3.05) is 6.79 Å². The van der Waals surface area contributed by atoms with Crippen LogP contribution in [-0.4, -0.2) is 12.7 Å². The van der Waals surface area contributed by atoms with E-state index in [0.29, 0.717) is 22.1 Å². The van der Waals surface area contributed by atoms with Gasteiger partial charge in [-0.1, -0.05) is 11.6 Å². The van der Waals surface area contributed by atoms with Crippen LogP contribution in [0.15, 0.2) is 17.7 Å². The van der Waals surface area contributed by atoms with Gasteiger partial charge in [-0.2, -0.15) is 5.26 Å². The van der Waals surface area contributed by atoms with Crippen molar-refractivity contribution < 1.29 is 14.3 Å². The molecule has 0 saturated carbocycles. The molecule has 0 aliphatic carbocycles. The Morgan fingerprint density at radius 2 is 2.12 bits per heavy atom. The number of amides is 1. The molecule has 6 heteroatoms. The molecule has 1 amide bonds. The van der Waals surface area contributed by atoms with Gasteiger partial charge < -0.3 is 15.2 Å². The van der Waals surface area contributed by atoms with Gasteiger partial charge in [-0.25, -0.2) is 0 Å². The third kappa shape index (κ3) is 2.17. The Morgan fingerprint density at radius 1 is 1.47 bits per heavy atom. The van der Waals surface area contributed by atoms with Crippen LogP contribution in [0.2, 0.25) is 5.02 Å². The molecule has 5 nitrogen and oxygen atoms in total. The topological polar surface area (TPSA) is 85.3 Å². The quantitative estimate of drug-likeness (QED) is 0.636. The highest BCUT2D eigenvalue weighted by Crippen LogP contribution is 2.37. The number of benzene rings is 1. The second kappa shape index (κ2) is 4.36. The Morgan fingerprint density at radius 3 is 2.71 bits per heavy atom. The zero-order valence-electron chi connectivity index (χ0n) is 8.57. The lowest BCUT2D eigenvalue weighted by molar-refractivity contribution is -0.114. The smallest absolute Gasteiger partial charge is 0.259 e. The molecule has 1 aliphatic rings. The molecule has 1 aliphatic heterocycles. The van der Waals surface area contributed by atoms with Crippen molar-refractivity contribution in [3.05, 3.63) is 28.3 Å². The van der Waals surface area contributed by atoms with Gasteiger partial charge in [0.2, 0.25) is 6.79 Å². The lowest BCUT2D eigenvalue weighted by atomic mass is 10.1. The minimum absolute atomic E-state index is 0.125. The van der Waals surface area contributed by atoms with E-state index < -0.39 is 5.91 Å². The predicted octanol–water partition coefficient (Wildman–Crippen LogP) is 1.46. The number of ether oxygens (including phenoxy) is 2. The molecule has 1 aromatic rings. The third-order valence-electron chi connectivity index (χ3n) is 2.18. The fourth-order valence-electron chi connectivity index (χ4n) is 1.36. The lowest BCUT2D eigenvalue weighted by Crippen LogP contribution is -2.12. The number of halogens is 1. The van der Waals surface area contributed by atoms with E-state index in [0.717, 1.165) is 0 Å². The molecule has 1 heterocycles. The van der Waals surface area contributed by atoms with Crippen molar-refractivity contribution >= 4 is 23.6 Å². The molecule has 0 atom stereocenters. The summed E-state index contributed by atoms with van der Waals surface area (Å²) in [5.41, 5.74) is 5.33. The van der Waals surface area contributed by atoms with Crippen molar-refractivity contribution in [1.82, 2.24) is 0 Å². The number of hydrogen-bond acceptors (Lipinski definition) is 4. The van der Waals surface area contributed by atoms with Gasteiger partial charge in [0.25, 0.3) is 5.91 Å². The van der Waals surface area contributed by atoms with Crippen molar-refractivity contribution in [2.24, 2.45) is 5.73 Å². The zero-order valence-corrected chi connectivity index (χ0v) is 9.32. The van der Waals surface area contributed by atoms with E-state index in [-0.39, 0.29) is 12.4 Å². The van der Waals surface area contributed by atoms with Crippen LogP contribution in [0.1, 0.15) is 5.56 Å². The van der Waals surface area contributed by atoms with Crippen LogP contribution in [0, 0.1) is 11.3 Å². The zero-order chi connectivity index (χ0) is 12.4. The second-order valence-corrected chi connectivity index (χ2v) is 3.67. The number of primary amides is 1. The Bertz CT molecular complexity index is 561. The van der Waals surface area contributed by atoms with E-state index in [2.05, 4.69) is 0 Å². The van der Waals surface area contributed by atoms with Gasteiger partial charge in [-0.3, -0.25) is 4.79 Å². The number of nitrogens with two attached hydrogens (primary N) is 1. The Kier molecular flexibility index (Phi) is 2.90. The normalized spacial score (nSPS) is 13.3. The van der Waals surface area contributed by atoms with Crippen molar-refractivity contribution in [3.63, 3.8) is 0 Å². The van der Waals surface area contributed by atoms with Gasteiger partial charge in [0.15, 0.2) is 11.5 Å².